The molecule has 6 nitrogen and oxygen atoms in total. The van der Waals surface area contributed by atoms with Gasteiger partial charge in [-0.25, -0.2) is 18.7 Å². The number of esters is 2. The van der Waals surface area contributed by atoms with Crippen LogP contribution in [0, 0.1) is 0 Å². The molecule has 1 aromatic heterocycles. The molecule has 6 heteroatoms. The highest BCUT2D eigenvalue weighted by atomic mass is 16.6. The number of aryl methyl sites for hydroxylation is 1. The number of rotatable bonds is 9. The average Bonchev–Trinajstić information content (AvgIpc) is 3.02. The summed E-state index contributed by atoms with van der Waals surface area (Å²) in [7, 11) is 1.86. The Bertz CT molecular complexity index is 682. The Labute approximate surface area is 148 Å². The highest BCUT2D eigenvalue weighted by molar-refractivity contribution is 5.80. The molecule has 0 unspecified atom stereocenters. The Kier molecular flexibility index (Phi) is 7.19. The summed E-state index contributed by atoms with van der Waals surface area (Å²) in [4.78, 5) is 24.6. The number of ether oxygens (including phenoxy) is 2. The van der Waals surface area contributed by atoms with Crippen LogP contribution in [0.25, 0.3) is 0 Å². The van der Waals surface area contributed by atoms with E-state index >= 15 is 0 Å². The highest BCUT2D eigenvalue weighted by Gasteiger charge is 2.27. The van der Waals surface area contributed by atoms with E-state index in [1.165, 1.54) is 0 Å². The number of hydrogen-bond donors (Lipinski definition) is 0. The zero-order valence-electron chi connectivity index (χ0n) is 14.8. The van der Waals surface area contributed by atoms with Gasteiger partial charge in [0, 0.05) is 5.56 Å². The molecule has 0 aliphatic heterocycles. The Hall–Kier alpha value is -2.63. The first-order chi connectivity index (χ1) is 12.1. The van der Waals surface area contributed by atoms with Crippen LogP contribution in [0.3, 0.4) is 0 Å². The van der Waals surface area contributed by atoms with Crippen molar-refractivity contribution in [3.8, 4) is 0 Å². The quantitative estimate of drug-likeness (QED) is 0.398. The fourth-order valence-electron chi connectivity index (χ4n) is 2.39. The van der Waals surface area contributed by atoms with Gasteiger partial charge < -0.3 is 9.47 Å². The monoisotopic (exact) mass is 345 g/mol. The van der Waals surface area contributed by atoms with E-state index in [0.717, 1.165) is 19.3 Å². The Morgan fingerprint density at radius 2 is 1.96 bits per heavy atom. The molecule has 0 amide bonds. The van der Waals surface area contributed by atoms with Gasteiger partial charge in [-0.1, -0.05) is 50.1 Å². The summed E-state index contributed by atoms with van der Waals surface area (Å²) in [5, 5.41) is 0. The Balaban J connectivity index is 2.01. The minimum Gasteiger partial charge on any atom is -0.463 e. The van der Waals surface area contributed by atoms with Gasteiger partial charge in [-0.3, -0.25) is 0 Å². The van der Waals surface area contributed by atoms with E-state index in [0.29, 0.717) is 12.2 Å². The van der Waals surface area contributed by atoms with Crippen LogP contribution in [0.2, 0.25) is 0 Å². The molecule has 0 bridgehead atoms. The van der Waals surface area contributed by atoms with Crippen molar-refractivity contribution in [3.05, 3.63) is 54.6 Å². The lowest BCUT2D eigenvalue weighted by Gasteiger charge is -2.16. The molecular formula is C19H25N2O4+. The number of benzene rings is 1. The maximum Gasteiger partial charge on any atom is 0.352 e. The molecule has 2 rings (SSSR count). The molecule has 1 aromatic carbocycles. The van der Waals surface area contributed by atoms with Gasteiger partial charge in [0.15, 0.2) is 6.54 Å². The molecule has 2 aromatic rings. The van der Waals surface area contributed by atoms with Crippen LogP contribution < -0.4 is 4.57 Å². The van der Waals surface area contributed by atoms with Crippen molar-refractivity contribution in [2.45, 2.75) is 38.8 Å². The minimum atomic E-state index is -1.04. The van der Waals surface area contributed by atoms with Crippen molar-refractivity contribution in [1.82, 2.24) is 4.57 Å². The summed E-state index contributed by atoms with van der Waals surface area (Å²) >= 11 is 0. The predicted octanol–water partition coefficient (Wildman–Crippen LogP) is 2.33. The van der Waals surface area contributed by atoms with E-state index in [-0.39, 0.29) is 6.54 Å². The maximum absolute atomic E-state index is 12.4. The van der Waals surface area contributed by atoms with Crippen LogP contribution in [0.1, 0.15) is 37.9 Å². The lowest BCUT2D eigenvalue weighted by atomic mass is 10.1. The molecule has 0 saturated carbocycles. The van der Waals surface area contributed by atoms with Crippen LogP contribution in [0.15, 0.2) is 49.1 Å². The fourth-order valence-corrected chi connectivity index (χ4v) is 2.39. The van der Waals surface area contributed by atoms with Gasteiger partial charge in [-0.05, 0) is 6.42 Å². The lowest BCUT2D eigenvalue weighted by molar-refractivity contribution is -0.685. The second-order valence-electron chi connectivity index (χ2n) is 5.91. The van der Waals surface area contributed by atoms with Gasteiger partial charge >= 0.3 is 11.9 Å². The van der Waals surface area contributed by atoms with Gasteiger partial charge in [0.2, 0.25) is 12.4 Å². The molecule has 0 radical (unpaired) electrons. The zero-order chi connectivity index (χ0) is 18.1. The number of carbonyl (C=O) groups excluding carboxylic acids is 2. The van der Waals surface area contributed by atoms with E-state index in [1.54, 1.807) is 41.4 Å². The third kappa shape index (κ3) is 6.06. The van der Waals surface area contributed by atoms with E-state index in [2.05, 4.69) is 6.92 Å². The van der Waals surface area contributed by atoms with Gasteiger partial charge in [0.25, 0.3) is 0 Å². The SMILES string of the molecule is CCCCCOC(=O)[C@H](OC(=O)C[n+]1ccn(C)c1)c1ccccc1. The van der Waals surface area contributed by atoms with Crippen molar-refractivity contribution in [3.63, 3.8) is 0 Å². The number of hydrogen-bond acceptors (Lipinski definition) is 4. The van der Waals surface area contributed by atoms with Gasteiger partial charge in [0.1, 0.15) is 12.4 Å². The number of imidazole rings is 1. The Morgan fingerprint density at radius 1 is 1.20 bits per heavy atom. The third-order valence-electron chi connectivity index (χ3n) is 3.69. The van der Waals surface area contributed by atoms with Gasteiger partial charge in [-0.2, -0.15) is 0 Å². The summed E-state index contributed by atoms with van der Waals surface area (Å²) in [6.45, 7) is 2.45. The van der Waals surface area contributed by atoms with E-state index in [4.69, 9.17) is 9.47 Å². The van der Waals surface area contributed by atoms with Crippen LogP contribution in [0.4, 0.5) is 0 Å². The second kappa shape index (κ2) is 9.61. The smallest absolute Gasteiger partial charge is 0.352 e. The predicted molar refractivity (Wildman–Crippen MR) is 91.4 cm³/mol. The van der Waals surface area contributed by atoms with Crippen LogP contribution in [-0.4, -0.2) is 23.1 Å². The standard InChI is InChI=1S/C19H25N2O4/c1-3-4-8-13-24-19(23)18(16-9-6-5-7-10-16)25-17(22)14-21-12-11-20(2)15-21/h5-7,9-12,15,18H,3-4,8,13-14H2,1-2H3/q+1/t18-/m1/s1. The zero-order valence-corrected chi connectivity index (χ0v) is 14.8. The number of nitrogens with zero attached hydrogens (tertiary/aromatic N) is 2. The average molecular weight is 345 g/mol. The second-order valence-corrected chi connectivity index (χ2v) is 5.91. The van der Waals surface area contributed by atoms with Crippen molar-refractivity contribution >= 4 is 11.9 Å². The molecule has 1 heterocycles. The third-order valence-corrected chi connectivity index (χ3v) is 3.69. The van der Waals surface area contributed by atoms with Crippen molar-refractivity contribution in [2.75, 3.05) is 6.61 Å². The summed E-state index contributed by atoms with van der Waals surface area (Å²) in [5.74, 6) is -1.02. The summed E-state index contributed by atoms with van der Waals surface area (Å²) in [6, 6.07) is 8.94. The maximum atomic E-state index is 12.4. The van der Waals surface area contributed by atoms with E-state index < -0.39 is 18.0 Å². The van der Waals surface area contributed by atoms with Crippen LogP contribution >= 0.6 is 0 Å². The van der Waals surface area contributed by atoms with E-state index in [1.807, 2.05) is 23.9 Å². The first-order valence-corrected chi connectivity index (χ1v) is 8.52. The van der Waals surface area contributed by atoms with Crippen LogP contribution in [0.5, 0.6) is 0 Å². The molecular weight excluding hydrogens is 320 g/mol. The van der Waals surface area contributed by atoms with Crippen molar-refractivity contribution < 1.29 is 23.6 Å². The molecule has 1 atom stereocenters. The molecule has 25 heavy (non-hydrogen) atoms. The fraction of sp³-hybridized carbons (Fsp3) is 0.421. The van der Waals surface area contributed by atoms with Crippen LogP contribution in [-0.2, 0) is 32.7 Å². The summed E-state index contributed by atoms with van der Waals surface area (Å²) < 4.78 is 14.2. The van der Waals surface area contributed by atoms with Crippen molar-refractivity contribution in [1.29, 1.82) is 0 Å². The molecule has 0 N–H and O–H groups in total. The van der Waals surface area contributed by atoms with E-state index in [9.17, 15) is 9.59 Å². The topological polar surface area (TPSA) is 61.4 Å². The Morgan fingerprint density at radius 3 is 2.60 bits per heavy atom. The van der Waals surface area contributed by atoms with Gasteiger partial charge in [-0.15, -0.1) is 0 Å². The summed E-state index contributed by atoms with van der Waals surface area (Å²) in [6.07, 6.45) is 7.15. The molecule has 0 saturated heterocycles. The molecule has 0 spiro atoms. The molecule has 0 aliphatic rings. The number of aromatic nitrogens is 2. The largest absolute Gasteiger partial charge is 0.463 e. The first kappa shape index (κ1) is 18.7. The lowest BCUT2D eigenvalue weighted by Crippen LogP contribution is -2.37. The minimum absolute atomic E-state index is 0.0350. The molecule has 0 fully saturated rings. The van der Waals surface area contributed by atoms with Crippen molar-refractivity contribution in [2.24, 2.45) is 7.05 Å². The number of unbranched alkanes of at least 4 members (excludes halogenated alkanes) is 2. The first-order valence-electron chi connectivity index (χ1n) is 8.52. The van der Waals surface area contributed by atoms with Gasteiger partial charge in [0.05, 0.1) is 13.7 Å². The molecule has 0 aliphatic carbocycles. The summed E-state index contributed by atoms with van der Waals surface area (Å²) in [5.41, 5.74) is 0.606. The number of carbonyl (C=O) groups is 2. The molecule has 134 valence electrons. The normalized spacial score (nSPS) is 11.8. The highest BCUT2D eigenvalue weighted by Crippen LogP contribution is 2.19.